The van der Waals surface area contributed by atoms with Gasteiger partial charge in [0.15, 0.2) is 0 Å². The second-order valence-corrected chi connectivity index (χ2v) is 4.75. The molecule has 0 amide bonds. The van der Waals surface area contributed by atoms with Crippen LogP contribution in [0, 0.1) is 0 Å². The molecule has 0 aliphatic heterocycles. The molecule has 0 fully saturated rings. The van der Waals surface area contributed by atoms with Crippen LogP contribution >= 0.6 is 22.9 Å². The number of halogens is 1. The highest BCUT2D eigenvalue weighted by atomic mass is 35.5. The Kier molecular flexibility index (Phi) is 6.24. The van der Waals surface area contributed by atoms with Gasteiger partial charge < -0.3 is 0 Å². The molecule has 1 aromatic rings. The molecule has 0 N–H and O–H groups in total. The highest BCUT2D eigenvalue weighted by Crippen LogP contribution is 2.12. The van der Waals surface area contributed by atoms with E-state index in [2.05, 4.69) is 29.3 Å². The van der Waals surface area contributed by atoms with Crippen molar-refractivity contribution in [3.05, 3.63) is 22.4 Å². The van der Waals surface area contributed by atoms with Crippen LogP contribution in [0.1, 0.15) is 24.6 Å². The van der Waals surface area contributed by atoms with E-state index in [1.54, 1.807) is 0 Å². The first-order valence-corrected chi connectivity index (χ1v) is 6.59. The number of hydrogen-bond acceptors (Lipinski definition) is 2. The van der Waals surface area contributed by atoms with Crippen molar-refractivity contribution in [3.63, 3.8) is 0 Å². The zero-order valence-corrected chi connectivity index (χ0v) is 10.3. The summed E-state index contributed by atoms with van der Waals surface area (Å²) in [6.07, 6.45) is 2.34. The summed E-state index contributed by atoms with van der Waals surface area (Å²) in [4.78, 5) is 3.93. The number of nitrogens with zero attached hydrogens (tertiary/aromatic N) is 1. The van der Waals surface area contributed by atoms with Crippen molar-refractivity contribution in [3.8, 4) is 0 Å². The molecular weight excluding hydrogens is 214 g/mol. The monoisotopic (exact) mass is 231 g/mol. The average Bonchev–Trinajstić information content (AvgIpc) is 2.69. The van der Waals surface area contributed by atoms with Gasteiger partial charge in [0.2, 0.25) is 0 Å². The number of hydrogen-bond donors (Lipinski definition) is 0. The Hall–Kier alpha value is -0.0500. The highest BCUT2D eigenvalue weighted by molar-refractivity contribution is 7.09. The predicted molar refractivity (Wildman–Crippen MR) is 65.2 cm³/mol. The van der Waals surface area contributed by atoms with Crippen molar-refractivity contribution < 1.29 is 0 Å². The third kappa shape index (κ3) is 4.45. The maximum Gasteiger partial charge on any atom is 0.0327 e. The van der Waals surface area contributed by atoms with Crippen LogP contribution in [-0.2, 0) is 6.54 Å². The smallest absolute Gasteiger partial charge is 0.0327 e. The van der Waals surface area contributed by atoms with Gasteiger partial charge in [-0.1, -0.05) is 13.0 Å². The van der Waals surface area contributed by atoms with Crippen molar-refractivity contribution in [2.75, 3.05) is 19.0 Å². The number of thiophene rings is 1. The second-order valence-electron chi connectivity index (χ2n) is 3.34. The van der Waals surface area contributed by atoms with E-state index < -0.39 is 0 Å². The molecule has 1 heterocycles. The summed E-state index contributed by atoms with van der Waals surface area (Å²) in [7, 11) is 0. The lowest BCUT2D eigenvalue weighted by Gasteiger charge is -2.18. The lowest BCUT2D eigenvalue weighted by molar-refractivity contribution is 0.278. The van der Waals surface area contributed by atoms with Crippen molar-refractivity contribution >= 4 is 22.9 Å². The Morgan fingerprint density at radius 2 is 2.29 bits per heavy atom. The van der Waals surface area contributed by atoms with E-state index in [0.717, 1.165) is 25.4 Å². The van der Waals surface area contributed by atoms with Crippen molar-refractivity contribution in [2.24, 2.45) is 0 Å². The zero-order valence-electron chi connectivity index (χ0n) is 8.71. The van der Waals surface area contributed by atoms with Crippen LogP contribution in [0.2, 0.25) is 0 Å². The molecule has 3 heteroatoms. The molecule has 0 atom stereocenters. The average molecular weight is 232 g/mol. The summed E-state index contributed by atoms with van der Waals surface area (Å²) >= 11 is 7.49. The van der Waals surface area contributed by atoms with Crippen LogP contribution in [0.5, 0.6) is 0 Å². The van der Waals surface area contributed by atoms with Crippen LogP contribution in [-0.4, -0.2) is 23.9 Å². The Morgan fingerprint density at radius 1 is 1.43 bits per heavy atom. The minimum absolute atomic E-state index is 0.788. The molecule has 0 aliphatic rings. The fourth-order valence-electron chi connectivity index (χ4n) is 1.40. The van der Waals surface area contributed by atoms with Gasteiger partial charge in [0, 0.05) is 17.3 Å². The summed E-state index contributed by atoms with van der Waals surface area (Å²) < 4.78 is 0. The molecule has 0 unspecified atom stereocenters. The van der Waals surface area contributed by atoms with Crippen LogP contribution in [0.15, 0.2) is 17.5 Å². The first-order chi connectivity index (χ1) is 6.86. The molecule has 1 aromatic heterocycles. The van der Waals surface area contributed by atoms with Gasteiger partial charge in [0.25, 0.3) is 0 Å². The standard InChI is InChI=1S/C11H18ClNS/c1-2-13(8-4-3-7-12)10-11-6-5-9-14-11/h5-6,9H,2-4,7-8,10H2,1H3. The minimum Gasteiger partial charge on any atom is -0.299 e. The topological polar surface area (TPSA) is 3.24 Å². The molecule has 0 saturated heterocycles. The Balaban J connectivity index is 2.24. The van der Waals surface area contributed by atoms with Crippen LogP contribution < -0.4 is 0 Å². The van der Waals surface area contributed by atoms with Gasteiger partial charge in [-0.05, 0) is 37.4 Å². The van der Waals surface area contributed by atoms with Gasteiger partial charge in [0.05, 0.1) is 0 Å². The minimum atomic E-state index is 0.788. The SMILES string of the molecule is CCN(CCCCCl)Cc1cccs1. The van der Waals surface area contributed by atoms with Gasteiger partial charge in [-0.2, -0.15) is 0 Å². The summed E-state index contributed by atoms with van der Waals surface area (Å²) in [5, 5.41) is 2.14. The van der Waals surface area contributed by atoms with E-state index in [0.29, 0.717) is 0 Å². The highest BCUT2D eigenvalue weighted by Gasteiger charge is 2.03. The summed E-state index contributed by atoms with van der Waals surface area (Å²) in [6, 6.07) is 4.32. The van der Waals surface area contributed by atoms with E-state index in [-0.39, 0.29) is 0 Å². The van der Waals surface area contributed by atoms with Crippen molar-refractivity contribution in [1.29, 1.82) is 0 Å². The van der Waals surface area contributed by atoms with Gasteiger partial charge >= 0.3 is 0 Å². The molecule has 0 spiro atoms. The van der Waals surface area contributed by atoms with Crippen molar-refractivity contribution in [1.82, 2.24) is 4.90 Å². The largest absolute Gasteiger partial charge is 0.299 e. The number of unbranched alkanes of at least 4 members (excludes halogenated alkanes) is 1. The van der Waals surface area contributed by atoms with Crippen LogP contribution in [0.4, 0.5) is 0 Å². The molecule has 0 radical (unpaired) electrons. The van der Waals surface area contributed by atoms with Crippen LogP contribution in [0.3, 0.4) is 0 Å². The summed E-state index contributed by atoms with van der Waals surface area (Å²) in [5.74, 6) is 0.788. The molecule has 1 nitrogen and oxygen atoms in total. The molecule has 0 saturated carbocycles. The van der Waals surface area contributed by atoms with Gasteiger partial charge in [0.1, 0.15) is 0 Å². The Morgan fingerprint density at radius 3 is 2.86 bits per heavy atom. The van der Waals surface area contributed by atoms with Gasteiger partial charge in [-0.15, -0.1) is 22.9 Å². The fraction of sp³-hybridized carbons (Fsp3) is 0.636. The molecular formula is C11H18ClNS. The third-order valence-corrected chi connectivity index (χ3v) is 3.39. The van der Waals surface area contributed by atoms with Crippen LogP contribution in [0.25, 0.3) is 0 Å². The maximum absolute atomic E-state index is 5.65. The molecule has 1 rings (SSSR count). The first kappa shape index (κ1) is 12.0. The second kappa shape index (κ2) is 7.27. The quantitative estimate of drug-likeness (QED) is 0.512. The molecule has 0 aromatic carbocycles. The number of alkyl halides is 1. The van der Waals surface area contributed by atoms with Gasteiger partial charge in [-0.3, -0.25) is 4.90 Å². The summed E-state index contributed by atoms with van der Waals surface area (Å²) in [6.45, 7) is 5.60. The summed E-state index contributed by atoms with van der Waals surface area (Å²) in [5.41, 5.74) is 0. The van der Waals surface area contributed by atoms with Gasteiger partial charge in [-0.25, -0.2) is 0 Å². The van der Waals surface area contributed by atoms with E-state index in [1.807, 2.05) is 11.3 Å². The van der Waals surface area contributed by atoms with E-state index in [4.69, 9.17) is 11.6 Å². The first-order valence-electron chi connectivity index (χ1n) is 5.17. The number of rotatable bonds is 7. The molecule has 0 aliphatic carbocycles. The van der Waals surface area contributed by atoms with E-state index in [9.17, 15) is 0 Å². The Labute approximate surface area is 95.7 Å². The molecule has 80 valence electrons. The third-order valence-electron chi connectivity index (χ3n) is 2.26. The predicted octanol–water partition coefficient (Wildman–Crippen LogP) is 3.59. The normalized spacial score (nSPS) is 11.1. The molecule has 0 bridgehead atoms. The zero-order chi connectivity index (χ0) is 10.2. The lowest BCUT2D eigenvalue weighted by atomic mass is 10.3. The maximum atomic E-state index is 5.65. The molecule has 14 heavy (non-hydrogen) atoms. The fourth-order valence-corrected chi connectivity index (χ4v) is 2.34. The lowest BCUT2D eigenvalue weighted by Crippen LogP contribution is -2.23. The van der Waals surface area contributed by atoms with E-state index >= 15 is 0 Å². The Bertz CT molecular complexity index is 223. The van der Waals surface area contributed by atoms with E-state index in [1.165, 1.54) is 17.8 Å². The van der Waals surface area contributed by atoms with Crippen molar-refractivity contribution in [2.45, 2.75) is 26.3 Å².